The van der Waals surface area contributed by atoms with Crippen LogP contribution in [0.5, 0.6) is 5.75 Å². The van der Waals surface area contributed by atoms with Crippen LogP contribution in [0.25, 0.3) is 11.3 Å². The van der Waals surface area contributed by atoms with Gasteiger partial charge in [0.2, 0.25) is 5.76 Å². The van der Waals surface area contributed by atoms with Gasteiger partial charge in [-0.2, -0.15) is 5.10 Å². The van der Waals surface area contributed by atoms with Crippen LogP contribution in [0.3, 0.4) is 0 Å². The number of rotatable bonds is 6. The summed E-state index contributed by atoms with van der Waals surface area (Å²) in [5, 5.41) is 8.42. The maximum Gasteiger partial charge on any atom is 0.292 e. The van der Waals surface area contributed by atoms with Crippen molar-refractivity contribution in [2.75, 3.05) is 20.2 Å². The van der Waals surface area contributed by atoms with Crippen molar-refractivity contribution < 1.29 is 18.5 Å². The molecule has 9 nitrogen and oxygen atoms in total. The van der Waals surface area contributed by atoms with Gasteiger partial charge in [0.1, 0.15) is 17.2 Å². The van der Waals surface area contributed by atoms with Gasteiger partial charge in [-0.3, -0.25) is 9.48 Å². The van der Waals surface area contributed by atoms with E-state index in [1.807, 2.05) is 44.4 Å². The molecule has 0 bridgehead atoms. The molecule has 4 aromatic rings. The number of likely N-dealkylation sites (tertiary alicyclic amines) is 1. The number of methoxy groups -OCH3 is 1. The molecule has 0 spiro atoms. The first-order valence-corrected chi connectivity index (χ1v) is 11.3. The molecule has 1 atom stereocenters. The fourth-order valence-corrected chi connectivity index (χ4v) is 4.45. The highest BCUT2D eigenvalue weighted by molar-refractivity contribution is 5.92. The highest BCUT2D eigenvalue weighted by Crippen LogP contribution is 2.29. The fraction of sp³-hybridized carbons (Fsp3) is 0.360. The number of hydrogen-bond donors (Lipinski definition) is 0. The Morgan fingerprint density at radius 1 is 1.29 bits per heavy atom. The zero-order valence-electron chi connectivity index (χ0n) is 19.5. The number of amides is 1. The van der Waals surface area contributed by atoms with Crippen LogP contribution in [0.15, 0.2) is 51.7 Å². The van der Waals surface area contributed by atoms with Crippen molar-refractivity contribution in [3.8, 4) is 17.0 Å². The number of piperidine rings is 1. The van der Waals surface area contributed by atoms with Crippen molar-refractivity contribution in [1.29, 1.82) is 0 Å². The number of ether oxygens (including phenoxy) is 1. The second-order valence-electron chi connectivity index (χ2n) is 8.66. The van der Waals surface area contributed by atoms with Crippen molar-refractivity contribution in [1.82, 2.24) is 24.8 Å². The second kappa shape index (κ2) is 9.17. The average Bonchev–Trinajstić information content (AvgIpc) is 3.59. The molecule has 176 valence electrons. The second-order valence-corrected chi connectivity index (χ2v) is 8.66. The summed E-state index contributed by atoms with van der Waals surface area (Å²) in [4.78, 5) is 19.4. The molecule has 1 saturated heterocycles. The quantitative estimate of drug-likeness (QED) is 0.428. The Morgan fingerprint density at radius 2 is 2.18 bits per heavy atom. The van der Waals surface area contributed by atoms with Crippen LogP contribution in [0.4, 0.5) is 0 Å². The Morgan fingerprint density at radius 3 is 2.97 bits per heavy atom. The van der Waals surface area contributed by atoms with E-state index >= 15 is 0 Å². The third-order valence-corrected chi connectivity index (χ3v) is 6.15. The lowest BCUT2D eigenvalue weighted by atomic mass is 9.98. The molecule has 1 aromatic carbocycles. The summed E-state index contributed by atoms with van der Waals surface area (Å²) in [7, 11) is 3.50. The van der Waals surface area contributed by atoms with Gasteiger partial charge in [0.15, 0.2) is 5.89 Å². The van der Waals surface area contributed by atoms with Crippen LogP contribution < -0.4 is 4.74 Å². The topological polar surface area (TPSA) is 99.4 Å². The number of carbonyl (C=O) groups excluding carboxylic acids is 1. The van der Waals surface area contributed by atoms with E-state index in [-0.39, 0.29) is 17.6 Å². The van der Waals surface area contributed by atoms with Gasteiger partial charge in [0, 0.05) is 44.4 Å². The van der Waals surface area contributed by atoms with E-state index in [0.717, 1.165) is 41.2 Å². The van der Waals surface area contributed by atoms with E-state index in [1.54, 1.807) is 29.0 Å². The largest absolute Gasteiger partial charge is 0.497 e. The Hall–Kier alpha value is -3.88. The smallest absolute Gasteiger partial charge is 0.292 e. The van der Waals surface area contributed by atoms with Gasteiger partial charge in [-0.15, -0.1) is 0 Å². The summed E-state index contributed by atoms with van der Waals surface area (Å²) in [6.07, 6.45) is 6.05. The lowest BCUT2D eigenvalue weighted by Gasteiger charge is -2.30. The lowest BCUT2D eigenvalue weighted by Crippen LogP contribution is -2.39. The molecular weight excluding hydrogens is 434 g/mol. The molecule has 0 aliphatic carbocycles. The summed E-state index contributed by atoms with van der Waals surface area (Å²) in [5.74, 6) is 2.36. The Bertz CT molecular complexity index is 1300. The number of hydrogen-bond acceptors (Lipinski definition) is 7. The summed E-state index contributed by atoms with van der Waals surface area (Å²) in [5.41, 5.74) is 3.39. The Kier molecular flexibility index (Phi) is 5.91. The van der Waals surface area contributed by atoms with Crippen molar-refractivity contribution in [2.24, 2.45) is 7.05 Å². The first kappa shape index (κ1) is 21.9. The van der Waals surface area contributed by atoms with Gasteiger partial charge in [-0.1, -0.05) is 17.3 Å². The van der Waals surface area contributed by atoms with Gasteiger partial charge in [0.05, 0.1) is 24.9 Å². The molecule has 34 heavy (non-hydrogen) atoms. The number of aryl methyl sites for hydroxylation is 2. The lowest BCUT2D eigenvalue weighted by molar-refractivity contribution is 0.0656. The zero-order chi connectivity index (χ0) is 23.7. The number of nitrogens with zero attached hydrogens (tertiary/aromatic N) is 5. The standard InChI is InChI=1S/C25H27N5O4/c1-16-21(15-29(2)27-16)22-12-23(34-28-22)25(31)30-9-5-7-18(14-30)24-26-13-20(33-24)11-17-6-4-8-19(10-17)32-3/h4,6,8,10,12-13,15,18H,5,7,9,11,14H2,1-3H3/t18-/m1/s1. The summed E-state index contributed by atoms with van der Waals surface area (Å²) < 4.78 is 18.5. The average molecular weight is 462 g/mol. The molecule has 0 radical (unpaired) electrons. The molecule has 4 heterocycles. The van der Waals surface area contributed by atoms with E-state index in [1.165, 1.54) is 0 Å². The predicted molar refractivity (Wildman–Crippen MR) is 124 cm³/mol. The number of benzene rings is 1. The molecule has 1 aliphatic rings. The Balaban J connectivity index is 1.26. The highest BCUT2D eigenvalue weighted by atomic mass is 16.5. The van der Waals surface area contributed by atoms with Crippen molar-refractivity contribution in [2.45, 2.75) is 32.1 Å². The molecule has 0 saturated carbocycles. The van der Waals surface area contributed by atoms with E-state index in [0.29, 0.717) is 31.1 Å². The molecule has 9 heteroatoms. The number of carbonyl (C=O) groups is 1. The predicted octanol–water partition coefficient (Wildman–Crippen LogP) is 3.99. The number of oxazole rings is 1. The maximum atomic E-state index is 13.1. The molecule has 1 aliphatic heterocycles. The summed E-state index contributed by atoms with van der Waals surface area (Å²) >= 11 is 0. The molecule has 5 rings (SSSR count). The van der Waals surface area contributed by atoms with Crippen LogP contribution >= 0.6 is 0 Å². The molecule has 1 fully saturated rings. The molecule has 0 unspecified atom stereocenters. The van der Waals surface area contributed by atoms with E-state index in [4.69, 9.17) is 13.7 Å². The minimum atomic E-state index is -0.173. The van der Waals surface area contributed by atoms with Crippen molar-refractivity contribution in [3.63, 3.8) is 0 Å². The zero-order valence-corrected chi connectivity index (χ0v) is 19.5. The summed E-state index contributed by atoms with van der Waals surface area (Å²) in [6, 6.07) is 9.58. The van der Waals surface area contributed by atoms with Crippen LogP contribution in [-0.2, 0) is 13.5 Å². The third-order valence-electron chi connectivity index (χ3n) is 6.15. The highest BCUT2D eigenvalue weighted by Gasteiger charge is 2.30. The molecule has 3 aromatic heterocycles. The van der Waals surface area contributed by atoms with Gasteiger partial charge in [-0.05, 0) is 37.5 Å². The van der Waals surface area contributed by atoms with Crippen molar-refractivity contribution in [3.05, 3.63) is 71.4 Å². The molecule has 0 N–H and O–H groups in total. The molecular formula is C25H27N5O4. The first-order chi connectivity index (χ1) is 16.5. The van der Waals surface area contributed by atoms with Crippen LogP contribution in [0, 0.1) is 6.92 Å². The van der Waals surface area contributed by atoms with E-state index in [2.05, 4.69) is 15.2 Å². The van der Waals surface area contributed by atoms with Gasteiger partial charge in [-0.25, -0.2) is 4.98 Å². The van der Waals surface area contributed by atoms with Gasteiger partial charge in [0.25, 0.3) is 5.91 Å². The summed E-state index contributed by atoms with van der Waals surface area (Å²) in [6.45, 7) is 3.09. The third kappa shape index (κ3) is 4.46. The SMILES string of the molecule is COc1cccc(Cc2cnc([C@@H]3CCCN(C(=O)c4cc(-c5cn(C)nc5C)no4)C3)o2)c1. The normalized spacial score (nSPS) is 16.1. The van der Waals surface area contributed by atoms with Crippen LogP contribution in [0.2, 0.25) is 0 Å². The Labute approximate surface area is 197 Å². The monoisotopic (exact) mass is 461 g/mol. The first-order valence-electron chi connectivity index (χ1n) is 11.3. The van der Waals surface area contributed by atoms with Gasteiger partial charge < -0.3 is 18.6 Å². The van der Waals surface area contributed by atoms with E-state index < -0.39 is 0 Å². The number of aromatic nitrogens is 4. The maximum absolute atomic E-state index is 13.1. The van der Waals surface area contributed by atoms with E-state index in [9.17, 15) is 4.79 Å². The van der Waals surface area contributed by atoms with Crippen molar-refractivity contribution >= 4 is 5.91 Å². The minimum Gasteiger partial charge on any atom is -0.497 e. The van der Waals surface area contributed by atoms with Crippen LogP contribution in [-0.4, -0.2) is 50.9 Å². The van der Waals surface area contributed by atoms with Crippen LogP contribution in [0.1, 0.15) is 52.2 Å². The fourth-order valence-electron chi connectivity index (χ4n) is 4.45. The minimum absolute atomic E-state index is 0.0414. The van der Waals surface area contributed by atoms with Gasteiger partial charge >= 0.3 is 0 Å². The molecule has 1 amide bonds.